The van der Waals surface area contributed by atoms with Crippen LogP contribution in [0.1, 0.15) is 18.5 Å². The zero-order valence-corrected chi connectivity index (χ0v) is 17.7. The molecular weight excluding hydrogens is 415 g/mol. The van der Waals surface area contributed by atoms with Crippen molar-refractivity contribution in [1.29, 1.82) is 0 Å². The molecule has 9 nitrogen and oxygen atoms in total. The molecule has 0 aromatic carbocycles. The predicted octanol–water partition coefficient (Wildman–Crippen LogP) is 1.35. The summed E-state index contributed by atoms with van der Waals surface area (Å²) in [6.07, 6.45) is 6.09. The highest BCUT2D eigenvalue weighted by Gasteiger charge is 2.20. The van der Waals surface area contributed by atoms with E-state index in [4.69, 9.17) is 9.47 Å². The number of nitrogens with one attached hydrogen (secondary N) is 1. The molecule has 0 unspecified atom stereocenters. The minimum absolute atomic E-state index is 0.242. The van der Waals surface area contributed by atoms with Crippen molar-refractivity contribution < 1.29 is 13.9 Å². The van der Waals surface area contributed by atoms with Crippen LogP contribution in [0, 0.1) is 5.82 Å². The van der Waals surface area contributed by atoms with E-state index in [2.05, 4.69) is 25.2 Å². The maximum atomic E-state index is 13.6. The van der Waals surface area contributed by atoms with Gasteiger partial charge >= 0.3 is 0 Å². The molecule has 168 valence electrons. The fourth-order valence-electron chi connectivity index (χ4n) is 4.19. The molecule has 2 aliphatic heterocycles. The van der Waals surface area contributed by atoms with Crippen molar-refractivity contribution in [3.8, 4) is 11.5 Å². The maximum absolute atomic E-state index is 13.6. The monoisotopic (exact) mass is 440 g/mol. The molecule has 0 spiro atoms. The van der Waals surface area contributed by atoms with E-state index in [0.717, 1.165) is 43.6 Å². The second kappa shape index (κ2) is 9.17. The molecule has 0 saturated carbocycles. The van der Waals surface area contributed by atoms with E-state index in [1.165, 1.54) is 12.3 Å². The highest BCUT2D eigenvalue weighted by Crippen LogP contribution is 2.29. The smallest absolute Gasteiger partial charge is 0.269 e. The molecule has 1 saturated heterocycles. The number of nitrogens with zero attached hydrogens (tertiary/aromatic N) is 5. The van der Waals surface area contributed by atoms with Crippen molar-refractivity contribution in [2.24, 2.45) is 0 Å². The second-order valence-electron chi connectivity index (χ2n) is 8.06. The van der Waals surface area contributed by atoms with Gasteiger partial charge in [0.15, 0.2) is 17.1 Å². The maximum Gasteiger partial charge on any atom is 0.269 e. The van der Waals surface area contributed by atoms with Crippen LogP contribution in [0.3, 0.4) is 0 Å². The van der Waals surface area contributed by atoms with Crippen LogP contribution in [0.2, 0.25) is 0 Å². The molecule has 0 amide bonds. The van der Waals surface area contributed by atoms with Crippen LogP contribution in [0.25, 0.3) is 11.2 Å². The predicted molar refractivity (Wildman–Crippen MR) is 115 cm³/mol. The van der Waals surface area contributed by atoms with Gasteiger partial charge in [-0.2, -0.15) is 0 Å². The highest BCUT2D eigenvalue weighted by molar-refractivity contribution is 5.69. The minimum atomic E-state index is -0.474. The Kier molecular flexibility index (Phi) is 5.95. The topological polar surface area (TPSA) is 94.4 Å². The summed E-state index contributed by atoms with van der Waals surface area (Å²) in [6.45, 7) is 4.85. The number of hydrogen-bond donors (Lipinski definition) is 1. The van der Waals surface area contributed by atoms with Crippen molar-refractivity contribution in [2.45, 2.75) is 32.0 Å². The third kappa shape index (κ3) is 4.56. The molecule has 5 heterocycles. The fourth-order valence-corrected chi connectivity index (χ4v) is 4.19. The summed E-state index contributed by atoms with van der Waals surface area (Å²) in [6, 6.07) is 3.66. The average molecular weight is 440 g/mol. The van der Waals surface area contributed by atoms with Crippen LogP contribution < -0.4 is 20.3 Å². The Bertz CT molecular complexity index is 1160. The zero-order chi connectivity index (χ0) is 21.9. The molecule has 0 radical (unpaired) electrons. The number of rotatable bonds is 6. The molecule has 3 aromatic heterocycles. The van der Waals surface area contributed by atoms with Gasteiger partial charge in [0.2, 0.25) is 0 Å². The molecule has 1 fully saturated rings. The van der Waals surface area contributed by atoms with Crippen molar-refractivity contribution in [1.82, 2.24) is 29.7 Å². The first-order chi connectivity index (χ1) is 15.7. The number of halogens is 1. The van der Waals surface area contributed by atoms with Crippen LogP contribution in [0.15, 0.2) is 35.5 Å². The fraction of sp³-hybridized carbons (Fsp3) is 0.455. The standard InChI is InChI=1S/C22H25FN6O3/c23-15-9-18-22(26-11-15)27-14-21(30)29(18)6-5-28-3-1-16(2-4-28)24-12-17-10-19-20(13-25-17)32-8-7-31-19/h9-11,13-14,16,24H,1-8,12H2. The van der Waals surface area contributed by atoms with Gasteiger partial charge in [-0.3, -0.25) is 9.78 Å². The van der Waals surface area contributed by atoms with E-state index in [9.17, 15) is 9.18 Å². The first-order valence-electron chi connectivity index (χ1n) is 10.9. The Morgan fingerprint density at radius 3 is 2.62 bits per heavy atom. The molecule has 0 aliphatic carbocycles. The van der Waals surface area contributed by atoms with Crippen molar-refractivity contribution in [3.63, 3.8) is 0 Å². The number of pyridine rings is 2. The number of ether oxygens (including phenoxy) is 2. The van der Waals surface area contributed by atoms with Gasteiger partial charge < -0.3 is 24.3 Å². The van der Waals surface area contributed by atoms with Crippen LogP contribution in [0.5, 0.6) is 11.5 Å². The number of likely N-dealkylation sites (tertiary alicyclic amines) is 1. The molecular formula is C22H25FN6O3. The summed E-state index contributed by atoms with van der Waals surface area (Å²) in [4.78, 5) is 27.0. The summed E-state index contributed by atoms with van der Waals surface area (Å²) in [5.74, 6) is 0.984. The quantitative estimate of drug-likeness (QED) is 0.614. The van der Waals surface area contributed by atoms with Crippen LogP contribution in [0.4, 0.5) is 4.39 Å². The number of fused-ring (bicyclic) bond motifs is 2. The number of hydrogen-bond acceptors (Lipinski definition) is 8. The van der Waals surface area contributed by atoms with Gasteiger partial charge in [-0.05, 0) is 25.9 Å². The lowest BCUT2D eigenvalue weighted by Gasteiger charge is -2.32. The second-order valence-corrected chi connectivity index (χ2v) is 8.06. The lowest BCUT2D eigenvalue weighted by molar-refractivity contribution is 0.170. The summed E-state index contributed by atoms with van der Waals surface area (Å²) in [7, 11) is 0. The summed E-state index contributed by atoms with van der Waals surface area (Å²) < 4.78 is 26.3. The summed E-state index contributed by atoms with van der Waals surface area (Å²) in [5.41, 5.74) is 1.50. The molecule has 0 bridgehead atoms. The molecule has 3 aromatic rings. The Morgan fingerprint density at radius 2 is 1.78 bits per heavy atom. The molecule has 2 aliphatic rings. The van der Waals surface area contributed by atoms with Crippen LogP contribution in [-0.4, -0.2) is 63.3 Å². The van der Waals surface area contributed by atoms with Gasteiger partial charge in [0.1, 0.15) is 19.0 Å². The SMILES string of the molecule is O=c1cnc2ncc(F)cc2n1CCN1CCC(NCc2cc3c(cn2)OCCO3)CC1. The van der Waals surface area contributed by atoms with Gasteiger partial charge in [-0.25, -0.2) is 14.4 Å². The summed E-state index contributed by atoms with van der Waals surface area (Å²) in [5, 5.41) is 3.58. The molecule has 0 atom stereocenters. The molecule has 1 N–H and O–H groups in total. The van der Waals surface area contributed by atoms with Crippen molar-refractivity contribution in [3.05, 3.63) is 52.6 Å². The van der Waals surface area contributed by atoms with E-state index < -0.39 is 5.82 Å². The Morgan fingerprint density at radius 1 is 1.00 bits per heavy atom. The van der Waals surface area contributed by atoms with Crippen molar-refractivity contribution >= 4 is 11.2 Å². The first kappa shape index (κ1) is 20.8. The lowest BCUT2D eigenvalue weighted by atomic mass is 10.0. The third-order valence-corrected chi connectivity index (χ3v) is 5.95. The normalized spacial score (nSPS) is 17.0. The Labute approximate surface area is 184 Å². The highest BCUT2D eigenvalue weighted by atomic mass is 19.1. The Balaban J connectivity index is 1.13. The van der Waals surface area contributed by atoms with Crippen LogP contribution >= 0.6 is 0 Å². The van der Waals surface area contributed by atoms with Gasteiger partial charge in [-0.1, -0.05) is 0 Å². The van der Waals surface area contributed by atoms with Crippen LogP contribution in [-0.2, 0) is 13.1 Å². The average Bonchev–Trinajstić information content (AvgIpc) is 2.82. The molecule has 32 heavy (non-hydrogen) atoms. The lowest BCUT2D eigenvalue weighted by Crippen LogP contribution is -2.43. The zero-order valence-electron chi connectivity index (χ0n) is 17.7. The van der Waals surface area contributed by atoms with Gasteiger partial charge in [0.05, 0.1) is 29.8 Å². The van der Waals surface area contributed by atoms with Gasteiger partial charge in [0, 0.05) is 37.8 Å². The number of piperidine rings is 1. The minimum Gasteiger partial charge on any atom is -0.486 e. The van der Waals surface area contributed by atoms with Gasteiger partial charge in [-0.15, -0.1) is 0 Å². The van der Waals surface area contributed by atoms with E-state index in [-0.39, 0.29) is 5.56 Å². The number of aromatic nitrogens is 4. The summed E-state index contributed by atoms with van der Waals surface area (Å²) >= 11 is 0. The van der Waals surface area contributed by atoms with E-state index in [1.54, 1.807) is 10.8 Å². The molecule has 10 heteroatoms. The van der Waals surface area contributed by atoms with E-state index >= 15 is 0 Å². The first-order valence-corrected chi connectivity index (χ1v) is 10.9. The van der Waals surface area contributed by atoms with Crippen molar-refractivity contribution in [2.75, 3.05) is 32.8 Å². The van der Waals surface area contributed by atoms with Gasteiger partial charge in [0.25, 0.3) is 5.56 Å². The third-order valence-electron chi connectivity index (χ3n) is 5.95. The largest absolute Gasteiger partial charge is 0.486 e. The molecule has 5 rings (SSSR count). The van der Waals surface area contributed by atoms with E-state index in [1.807, 2.05) is 6.07 Å². The van der Waals surface area contributed by atoms with E-state index in [0.29, 0.717) is 55.8 Å². The Hall–Kier alpha value is -3.11.